The molecule has 0 radical (unpaired) electrons. The third-order valence-electron chi connectivity index (χ3n) is 2.82. The highest BCUT2D eigenvalue weighted by Crippen LogP contribution is 2.24. The second-order valence-corrected chi connectivity index (χ2v) is 6.83. The molecule has 1 atom stereocenters. The standard InChI is InChI=1S/C14H26N2OS/c1-11(9-15-6-7-17-5)8-13-16-12(10-18-13)14(2,3)4/h10-11,15H,6-9H2,1-5H3. The number of aromatic nitrogens is 1. The highest BCUT2D eigenvalue weighted by molar-refractivity contribution is 7.09. The summed E-state index contributed by atoms with van der Waals surface area (Å²) in [6.45, 7) is 11.6. The monoisotopic (exact) mass is 270 g/mol. The van der Waals surface area contributed by atoms with Gasteiger partial charge in [-0.25, -0.2) is 4.98 Å². The lowest BCUT2D eigenvalue weighted by Crippen LogP contribution is -2.25. The Hall–Kier alpha value is -0.450. The third kappa shape index (κ3) is 5.46. The first-order chi connectivity index (χ1) is 8.43. The van der Waals surface area contributed by atoms with Crippen molar-refractivity contribution in [1.29, 1.82) is 0 Å². The summed E-state index contributed by atoms with van der Waals surface area (Å²) in [5, 5.41) is 6.84. The molecular weight excluding hydrogens is 244 g/mol. The van der Waals surface area contributed by atoms with Gasteiger partial charge in [0.1, 0.15) is 0 Å². The molecule has 0 bridgehead atoms. The highest BCUT2D eigenvalue weighted by Gasteiger charge is 2.17. The van der Waals surface area contributed by atoms with Crippen molar-refractivity contribution in [2.24, 2.45) is 5.92 Å². The van der Waals surface area contributed by atoms with E-state index in [9.17, 15) is 0 Å². The zero-order valence-electron chi connectivity index (χ0n) is 12.2. The van der Waals surface area contributed by atoms with E-state index in [1.54, 1.807) is 18.4 Å². The van der Waals surface area contributed by atoms with Crippen LogP contribution in [0.4, 0.5) is 0 Å². The molecule has 4 heteroatoms. The van der Waals surface area contributed by atoms with E-state index in [4.69, 9.17) is 9.72 Å². The third-order valence-corrected chi connectivity index (χ3v) is 3.69. The van der Waals surface area contributed by atoms with E-state index < -0.39 is 0 Å². The SMILES string of the molecule is COCCNCC(C)Cc1nc(C(C)(C)C)cs1. The molecule has 1 N–H and O–H groups in total. The fourth-order valence-electron chi connectivity index (χ4n) is 1.64. The van der Waals surface area contributed by atoms with Gasteiger partial charge in [0.05, 0.1) is 17.3 Å². The van der Waals surface area contributed by atoms with Crippen molar-refractivity contribution in [3.05, 3.63) is 16.1 Å². The Morgan fingerprint density at radius 2 is 2.17 bits per heavy atom. The number of nitrogens with one attached hydrogen (secondary N) is 1. The minimum absolute atomic E-state index is 0.161. The summed E-state index contributed by atoms with van der Waals surface area (Å²) in [5.41, 5.74) is 1.37. The van der Waals surface area contributed by atoms with Crippen LogP contribution in [0, 0.1) is 5.92 Å². The van der Waals surface area contributed by atoms with Gasteiger partial charge >= 0.3 is 0 Å². The first kappa shape index (κ1) is 15.6. The molecule has 0 aliphatic heterocycles. The Morgan fingerprint density at radius 1 is 1.44 bits per heavy atom. The minimum atomic E-state index is 0.161. The Kier molecular flexibility index (Phi) is 6.26. The van der Waals surface area contributed by atoms with Crippen LogP contribution in [0.5, 0.6) is 0 Å². The Labute approximate surface area is 115 Å². The molecule has 0 amide bonds. The van der Waals surface area contributed by atoms with Gasteiger partial charge < -0.3 is 10.1 Å². The molecule has 1 rings (SSSR count). The van der Waals surface area contributed by atoms with Gasteiger partial charge in [0.15, 0.2) is 0 Å². The van der Waals surface area contributed by atoms with Crippen LogP contribution >= 0.6 is 11.3 Å². The summed E-state index contributed by atoms with van der Waals surface area (Å²) >= 11 is 1.78. The van der Waals surface area contributed by atoms with E-state index in [0.29, 0.717) is 5.92 Å². The molecule has 104 valence electrons. The number of nitrogens with zero attached hydrogens (tertiary/aromatic N) is 1. The number of hydrogen-bond acceptors (Lipinski definition) is 4. The summed E-state index contributed by atoms with van der Waals surface area (Å²) in [7, 11) is 1.73. The average Bonchev–Trinajstić information content (AvgIpc) is 2.72. The Bertz CT molecular complexity index is 344. The van der Waals surface area contributed by atoms with E-state index in [1.165, 1.54) is 10.7 Å². The molecule has 0 spiro atoms. The second kappa shape index (κ2) is 7.22. The van der Waals surface area contributed by atoms with Gasteiger partial charge in [0, 0.05) is 30.9 Å². The summed E-state index contributed by atoms with van der Waals surface area (Å²) in [4.78, 5) is 4.73. The quantitative estimate of drug-likeness (QED) is 0.774. The Balaban J connectivity index is 2.35. The number of methoxy groups -OCH3 is 1. The van der Waals surface area contributed by atoms with Crippen LogP contribution in [-0.2, 0) is 16.6 Å². The van der Waals surface area contributed by atoms with Crippen LogP contribution in [0.1, 0.15) is 38.4 Å². The average molecular weight is 270 g/mol. The van der Waals surface area contributed by atoms with Crippen molar-refractivity contribution in [3.63, 3.8) is 0 Å². The van der Waals surface area contributed by atoms with Gasteiger partial charge in [-0.2, -0.15) is 0 Å². The van der Waals surface area contributed by atoms with E-state index in [-0.39, 0.29) is 5.41 Å². The molecule has 1 aromatic rings. The van der Waals surface area contributed by atoms with Crippen molar-refractivity contribution in [3.8, 4) is 0 Å². The van der Waals surface area contributed by atoms with Crippen LogP contribution in [0.2, 0.25) is 0 Å². The second-order valence-electron chi connectivity index (χ2n) is 5.88. The molecule has 1 unspecified atom stereocenters. The summed E-state index contributed by atoms with van der Waals surface area (Å²) < 4.78 is 5.01. The summed E-state index contributed by atoms with van der Waals surface area (Å²) in [6.07, 6.45) is 1.06. The molecule has 0 saturated carbocycles. The molecule has 0 aliphatic rings. The van der Waals surface area contributed by atoms with Crippen LogP contribution in [0.25, 0.3) is 0 Å². The zero-order chi connectivity index (χ0) is 13.6. The molecule has 3 nitrogen and oxygen atoms in total. The van der Waals surface area contributed by atoms with Gasteiger partial charge in [-0.05, 0) is 12.5 Å². The van der Waals surface area contributed by atoms with Gasteiger partial charge in [-0.1, -0.05) is 27.7 Å². The van der Waals surface area contributed by atoms with Crippen LogP contribution in [0.15, 0.2) is 5.38 Å². The fraction of sp³-hybridized carbons (Fsp3) is 0.786. The van der Waals surface area contributed by atoms with Crippen LogP contribution in [-0.4, -0.2) is 31.8 Å². The summed E-state index contributed by atoms with van der Waals surface area (Å²) in [6, 6.07) is 0. The van der Waals surface area contributed by atoms with Crippen molar-refractivity contribution in [2.75, 3.05) is 26.8 Å². The van der Waals surface area contributed by atoms with Gasteiger partial charge in [0.2, 0.25) is 0 Å². The predicted molar refractivity (Wildman–Crippen MR) is 78.4 cm³/mol. The van der Waals surface area contributed by atoms with E-state index >= 15 is 0 Å². The topological polar surface area (TPSA) is 34.1 Å². The molecule has 0 aliphatic carbocycles. The minimum Gasteiger partial charge on any atom is -0.383 e. The molecule has 0 saturated heterocycles. The molecular formula is C14H26N2OS. The molecule has 1 aromatic heterocycles. The van der Waals surface area contributed by atoms with E-state index in [0.717, 1.165) is 26.1 Å². The number of thiazole rings is 1. The first-order valence-corrected chi connectivity index (χ1v) is 7.46. The lowest BCUT2D eigenvalue weighted by Gasteiger charge is -2.14. The van der Waals surface area contributed by atoms with Crippen molar-refractivity contribution < 1.29 is 4.74 Å². The van der Waals surface area contributed by atoms with Gasteiger partial charge in [0.25, 0.3) is 0 Å². The predicted octanol–water partition coefficient (Wildman–Crippen LogP) is 2.86. The van der Waals surface area contributed by atoms with Crippen LogP contribution in [0.3, 0.4) is 0 Å². The van der Waals surface area contributed by atoms with Crippen LogP contribution < -0.4 is 5.32 Å². The highest BCUT2D eigenvalue weighted by atomic mass is 32.1. The molecule has 18 heavy (non-hydrogen) atoms. The fourth-order valence-corrected chi connectivity index (χ4v) is 2.83. The van der Waals surface area contributed by atoms with Crippen molar-refractivity contribution >= 4 is 11.3 Å². The number of ether oxygens (including phenoxy) is 1. The maximum atomic E-state index is 5.01. The van der Waals surface area contributed by atoms with Gasteiger partial charge in [-0.15, -0.1) is 11.3 Å². The van der Waals surface area contributed by atoms with E-state index in [2.05, 4.69) is 38.4 Å². The lowest BCUT2D eigenvalue weighted by atomic mass is 9.93. The number of hydrogen-bond donors (Lipinski definition) is 1. The van der Waals surface area contributed by atoms with Gasteiger partial charge in [-0.3, -0.25) is 0 Å². The maximum absolute atomic E-state index is 5.01. The lowest BCUT2D eigenvalue weighted by molar-refractivity contribution is 0.198. The largest absolute Gasteiger partial charge is 0.383 e. The normalized spacial score (nSPS) is 13.8. The van der Waals surface area contributed by atoms with Crippen molar-refractivity contribution in [2.45, 2.75) is 39.5 Å². The first-order valence-electron chi connectivity index (χ1n) is 6.58. The maximum Gasteiger partial charge on any atom is 0.0931 e. The summed E-state index contributed by atoms with van der Waals surface area (Å²) in [5.74, 6) is 0.612. The smallest absolute Gasteiger partial charge is 0.0931 e. The molecule has 0 fully saturated rings. The zero-order valence-corrected chi connectivity index (χ0v) is 13.1. The van der Waals surface area contributed by atoms with E-state index in [1.807, 2.05) is 0 Å². The molecule has 1 heterocycles. The number of rotatable bonds is 7. The Morgan fingerprint density at radius 3 is 2.72 bits per heavy atom. The van der Waals surface area contributed by atoms with Crippen molar-refractivity contribution in [1.82, 2.24) is 10.3 Å². The molecule has 0 aromatic carbocycles.